The highest BCUT2D eigenvalue weighted by atomic mass is 19.4. The van der Waals surface area contributed by atoms with Gasteiger partial charge in [-0.05, 0) is 72.8 Å². The smallest absolute Gasteiger partial charge is 0.306 e. The molecular formula is C60H28F12N6. The van der Waals surface area contributed by atoms with Gasteiger partial charge in [0.1, 0.15) is 23.3 Å². The van der Waals surface area contributed by atoms with Gasteiger partial charge in [0, 0.05) is 43.1 Å². The van der Waals surface area contributed by atoms with Gasteiger partial charge in [-0.2, -0.15) is 63.2 Å². The van der Waals surface area contributed by atoms with E-state index in [2.05, 4.69) is 12.1 Å². The highest BCUT2D eigenvalue weighted by Gasteiger charge is 2.39. The molecule has 6 nitrogen and oxygen atoms in total. The number of rotatable bonds is 4. The molecule has 78 heavy (non-hydrogen) atoms. The molecule has 0 unspecified atom stereocenters. The fourth-order valence-electron chi connectivity index (χ4n) is 11.3. The SMILES string of the molecule is N#Cc1c(-n2c3ccccc3c3ccc(C(F)(F)F)cc32)c(C#N)c(-n2c3ccccc3c3ccc(C(F)(F)F)cc32)c(-n2c3ccccc3c3ccc(C(F)(F)F)cc32)c1-n1c2ccccc2c2ccc(C(F)(F)F)cc21. The Morgan fingerprint density at radius 1 is 0.256 bits per heavy atom. The van der Waals surface area contributed by atoms with E-state index in [-0.39, 0.29) is 71.4 Å². The van der Waals surface area contributed by atoms with Gasteiger partial charge in [-0.25, -0.2) is 0 Å². The van der Waals surface area contributed by atoms with E-state index in [9.17, 15) is 23.7 Å². The third-order valence-electron chi connectivity index (χ3n) is 14.5. The maximum atomic E-state index is 15.1. The van der Waals surface area contributed by atoms with Gasteiger partial charge in [0.05, 0.1) is 89.1 Å². The van der Waals surface area contributed by atoms with Gasteiger partial charge in [-0.15, -0.1) is 0 Å². The summed E-state index contributed by atoms with van der Waals surface area (Å²) >= 11 is 0. The first-order valence-electron chi connectivity index (χ1n) is 23.7. The average molecular weight is 1060 g/mol. The first kappa shape index (κ1) is 48.0. The number of halogens is 12. The summed E-state index contributed by atoms with van der Waals surface area (Å²) < 4.78 is 186. The molecular weight excluding hydrogens is 1030 g/mol. The van der Waals surface area contributed by atoms with Crippen LogP contribution in [0, 0.1) is 22.7 Å². The van der Waals surface area contributed by atoms with E-state index in [1.54, 1.807) is 72.8 Å². The van der Waals surface area contributed by atoms with E-state index in [0.29, 0.717) is 21.5 Å². The van der Waals surface area contributed by atoms with E-state index in [1.807, 2.05) is 0 Å². The number of para-hydroxylation sites is 4. The van der Waals surface area contributed by atoms with E-state index < -0.39 is 75.1 Å². The maximum absolute atomic E-state index is 15.1. The molecule has 13 rings (SSSR count). The summed E-state index contributed by atoms with van der Waals surface area (Å²) in [5.41, 5.74) is -7.78. The van der Waals surface area contributed by atoms with Crippen molar-refractivity contribution in [3.8, 4) is 34.9 Å². The molecule has 0 spiro atoms. The molecule has 382 valence electrons. The normalized spacial score (nSPS) is 12.8. The number of aromatic nitrogens is 4. The second-order valence-corrected chi connectivity index (χ2v) is 18.7. The van der Waals surface area contributed by atoms with Crippen LogP contribution in [0.4, 0.5) is 52.7 Å². The number of nitriles is 2. The van der Waals surface area contributed by atoms with Gasteiger partial charge in [0.15, 0.2) is 0 Å². The summed E-state index contributed by atoms with van der Waals surface area (Å²) in [7, 11) is 0. The van der Waals surface area contributed by atoms with Crippen molar-refractivity contribution in [2.24, 2.45) is 0 Å². The zero-order valence-electron chi connectivity index (χ0n) is 39.4. The van der Waals surface area contributed by atoms with Crippen molar-refractivity contribution >= 4 is 87.2 Å². The molecule has 18 heteroatoms. The van der Waals surface area contributed by atoms with Gasteiger partial charge < -0.3 is 18.3 Å². The monoisotopic (exact) mass is 1060 g/mol. The van der Waals surface area contributed by atoms with Crippen molar-refractivity contribution in [1.82, 2.24) is 18.3 Å². The number of hydrogen-bond acceptors (Lipinski definition) is 2. The van der Waals surface area contributed by atoms with Crippen molar-refractivity contribution in [3.63, 3.8) is 0 Å². The van der Waals surface area contributed by atoms with Crippen LogP contribution in [0.1, 0.15) is 33.4 Å². The third kappa shape index (κ3) is 6.91. The van der Waals surface area contributed by atoms with Crippen LogP contribution in [0.5, 0.6) is 0 Å². The lowest BCUT2D eigenvalue weighted by atomic mass is 9.98. The summed E-state index contributed by atoms with van der Waals surface area (Å²) in [6.07, 6.45) is -19.9. The largest absolute Gasteiger partial charge is 0.416 e. The summed E-state index contributed by atoms with van der Waals surface area (Å²) in [4.78, 5) is 0. The van der Waals surface area contributed by atoms with E-state index in [4.69, 9.17) is 0 Å². The standard InChI is InChI=1S/C60H28F12N6/c61-57(62,63)31-17-21-39-35-9-1-5-13-45(35)75(49(39)25-31)53-43(29-73)54(76-46-14-6-2-10-36(46)40-22-18-32(26-50(40)76)58(64,65)66)56(78-48-16-8-4-12-38(48)42-24-20-34(28-52(42)78)60(70,71)72)55(44(53)30-74)77-47-15-7-3-11-37(47)41-23-19-33(27-51(41)77)59(67,68)69/h1-28H. The maximum Gasteiger partial charge on any atom is 0.416 e. The van der Waals surface area contributed by atoms with Crippen LogP contribution in [0.2, 0.25) is 0 Å². The van der Waals surface area contributed by atoms with E-state index in [1.165, 1.54) is 66.8 Å². The summed E-state index contributed by atoms with van der Waals surface area (Å²) in [5.74, 6) is 0. The van der Waals surface area contributed by atoms with Crippen LogP contribution in [0.15, 0.2) is 170 Å². The molecule has 9 aromatic carbocycles. The van der Waals surface area contributed by atoms with Crippen molar-refractivity contribution in [1.29, 1.82) is 10.5 Å². The number of nitrogens with zero attached hydrogens (tertiary/aromatic N) is 6. The molecule has 0 bridgehead atoms. The average Bonchev–Trinajstić information content (AvgIpc) is 3.94. The number of alkyl halides is 12. The highest BCUT2D eigenvalue weighted by molar-refractivity contribution is 6.16. The van der Waals surface area contributed by atoms with Crippen LogP contribution >= 0.6 is 0 Å². The van der Waals surface area contributed by atoms with Crippen LogP contribution in [0.3, 0.4) is 0 Å². The zero-order chi connectivity index (χ0) is 54.5. The fourth-order valence-corrected chi connectivity index (χ4v) is 11.3. The predicted molar refractivity (Wildman–Crippen MR) is 273 cm³/mol. The van der Waals surface area contributed by atoms with Gasteiger partial charge in [-0.3, -0.25) is 0 Å². The highest BCUT2D eigenvalue weighted by Crippen LogP contribution is 2.51. The minimum Gasteiger partial charge on any atom is -0.306 e. The van der Waals surface area contributed by atoms with Gasteiger partial charge in [0.2, 0.25) is 0 Å². The number of benzene rings is 9. The van der Waals surface area contributed by atoms with E-state index >= 15 is 39.5 Å². The minimum absolute atomic E-state index is 0.117. The summed E-state index contributed by atoms with van der Waals surface area (Å²) in [5, 5.41) is 26.2. The molecule has 0 saturated heterocycles. The second kappa shape index (κ2) is 16.4. The van der Waals surface area contributed by atoms with Crippen molar-refractivity contribution < 1.29 is 52.7 Å². The van der Waals surface area contributed by atoms with Crippen LogP contribution in [-0.4, -0.2) is 18.3 Å². The molecule has 13 aromatic rings. The molecule has 4 heterocycles. The topological polar surface area (TPSA) is 67.3 Å². The molecule has 0 saturated carbocycles. The molecule has 0 aliphatic heterocycles. The Bertz CT molecular complexity index is 4660. The first-order chi connectivity index (χ1) is 37.2. The lowest BCUT2D eigenvalue weighted by Crippen LogP contribution is -2.17. The molecule has 0 fully saturated rings. The number of fused-ring (bicyclic) bond motifs is 12. The van der Waals surface area contributed by atoms with Gasteiger partial charge in [0.25, 0.3) is 0 Å². The third-order valence-corrected chi connectivity index (χ3v) is 14.5. The molecule has 0 aliphatic carbocycles. The number of hydrogen-bond donors (Lipinski definition) is 0. The fraction of sp³-hybridized carbons (Fsp3) is 0.0667. The van der Waals surface area contributed by atoms with Crippen molar-refractivity contribution in [2.75, 3.05) is 0 Å². The Hall–Kier alpha value is -9.68. The molecule has 0 atom stereocenters. The van der Waals surface area contributed by atoms with Gasteiger partial charge >= 0.3 is 24.7 Å². The molecule has 0 radical (unpaired) electrons. The summed E-state index contributed by atoms with van der Waals surface area (Å²) in [6.45, 7) is 0. The Kier molecular flexibility index (Phi) is 10.1. The Labute approximate surface area is 430 Å². The molecule has 0 aliphatic rings. The first-order valence-corrected chi connectivity index (χ1v) is 23.7. The Balaban J connectivity index is 1.41. The Morgan fingerprint density at radius 2 is 0.474 bits per heavy atom. The molecule has 0 N–H and O–H groups in total. The van der Waals surface area contributed by atoms with Crippen LogP contribution in [0.25, 0.3) is 110 Å². The lowest BCUT2D eigenvalue weighted by Gasteiger charge is -2.27. The second-order valence-electron chi connectivity index (χ2n) is 18.7. The molecule has 0 amide bonds. The van der Waals surface area contributed by atoms with Crippen LogP contribution < -0.4 is 0 Å². The Morgan fingerprint density at radius 3 is 0.718 bits per heavy atom. The lowest BCUT2D eigenvalue weighted by molar-refractivity contribution is -0.138. The van der Waals surface area contributed by atoms with E-state index in [0.717, 1.165) is 48.5 Å². The van der Waals surface area contributed by atoms with Crippen LogP contribution in [-0.2, 0) is 24.7 Å². The molecule has 4 aromatic heterocycles. The zero-order valence-corrected chi connectivity index (χ0v) is 39.4. The predicted octanol–water partition coefficient (Wildman–Crippen LogP) is 17.9. The van der Waals surface area contributed by atoms with Gasteiger partial charge in [-0.1, -0.05) is 97.1 Å². The van der Waals surface area contributed by atoms with Crippen molar-refractivity contribution in [3.05, 3.63) is 203 Å². The summed E-state index contributed by atoms with van der Waals surface area (Å²) in [6, 6.07) is 40.9. The quantitative estimate of drug-likeness (QED) is 0.165. The minimum atomic E-state index is -4.99. The van der Waals surface area contributed by atoms with Crippen molar-refractivity contribution in [2.45, 2.75) is 24.7 Å².